The van der Waals surface area contributed by atoms with E-state index in [-0.39, 0.29) is 18.1 Å². The Morgan fingerprint density at radius 1 is 1.25 bits per heavy atom. The second kappa shape index (κ2) is 10.5. The van der Waals surface area contributed by atoms with Crippen LogP contribution in [0.2, 0.25) is 0 Å². The molecule has 0 fully saturated rings. The van der Waals surface area contributed by atoms with Gasteiger partial charge in [0, 0.05) is 13.2 Å². The van der Waals surface area contributed by atoms with Gasteiger partial charge in [0.15, 0.2) is 11.5 Å². The highest BCUT2D eigenvalue weighted by Crippen LogP contribution is 2.12. The number of hydrogen-bond acceptors (Lipinski definition) is 5. The third-order valence-electron chi connectivity index (χ3n) is 1.88. The number of nitrogens with one attached hydrogen (secondary N) is 1. The third-order valence-corrected chi connectivity index (χ3v) is 1.88. The monoisotopic (exact) mass is 279 g/mol. The lowest BCUT2D eigenvalue weighted by Gasteiger charge is -2.08. The van der Waals surface area contributed by atoms with Gasteiger partial charge in [-0.2, -0.15) is 0 Å². The molecule has 0 aliphatic carbocycles. The molecule has 0 saturated carbocycles. The molecule has 0 radical (unpaired) electrons. The number of carbonyl (C=O) groups is 3. The lowest BCUT2D eigenvalue weighted by molar-refractivity contribution is -0.121. The van der Waals surface area contributed by atoms with Crippen LogP contribution in [0.15, 0.2) is 42.2 Å². The van der Waals surface area contributed by atoms with Gasteiger partial charge in [0.1, 0.15) is 12.0 Å². The minimum absolute atomic E-state index is 0.133. The van der Waals surface area contributed by atoms with Crippen LogP contribution in [0, 0.1) is 0 Å². The van der Waals surface area contributed by atoms with Crippen LogP contribution in [0.25, 0.3) is 0 Å². The van der Waals surface area contributed by atoms with Crippen molar-refractivity contribution in [2.24, 2.45) is 0 Å². The van der Waals surface area contributed by atoms with Crippen molar-refractivity contribution in [3.05, 3.63) is 42.2 Å². The van der Waals surface area contributed by atoms with Crippen LogP contribution >= 0.6 is 0 Å². The number of benzene rings is 1. The van der Waals surface area contributed by atoms with E-state index in [1.165, 1.54) is 6.92 Å². The summed E-state index contributed by atoms with van der Waals surface area (Å²) in [5.74, 6) is -0.634. The molecular weight excluding hydrogens is 262 g/mol. The van der Waals surface area contributed by atoms with Crippen LogP contribution in [0.4, 0.5) is 0 Å². The SMILES string of the molecule is CC(=O)/C=C(\Oc1ccccc1)C(=O)NCC=O.CO. The summed E-state index contributed by atoms with van der Waals surface area (Å²) < 4.78 is 5.30. The minimum atomic E-state index is -0.610. The molecule has 0 bridgehead atoms. The third kappa shape index (κ3) is 7.07. The lowest BCUT2D eigenvalue weighted by Crippen LogP contribution is -2.29. The molecule has 0 heterocycles. The van der Waals surface area contributed by atoms with Crippen molar-refractivity contribution in [2.75, 3.05) is 13.7 Å². The number of ketones is 1. The summed E-state index contributed by atoms with van der Waals surface area (Å²) in [5.41, 5.74) is 0. The Labute approximate surface area is 117 Å². The van der Waals surface area contributed by atoms with E-state index in [4.69, 9.17) is 9.84 Å². The molecule has 0 atom stereocenters. The van der Waals surface area contributed by atoms with Crippen LogP contribution in [0.3, 0.4) is 0 Å². The number of amides is 1. The highest BCUT2D eigenvalue weighted by Gasteiger charge is 2.12. The zero-order chi connectivity index (χ0) is 15.4. The van der Waals surface area contributed by atoms with E-state index in [1.54, 1.807) is 30.3 Å². The largest absolute Gasteiger partial charge is 0.451 e. The molecule has 1 rings (SSSR count). The molecule has 0 aromatic heterocycles. The number of rotatable bonds is 6. The van der Waals surface area contributed by atoms with Gasteiger partial charge in [0.2, 0.25) is 0 Å². The molecule has 0 aliphatic rings. The average Bonchev–Trinajstić information content (AvgIpc) is 2.47. The first-order valence-electron chi connectivity index (χ1n) is 5.75. The maximum atomic E-state index is 11.6. The van der Waals surface area contributed by atoms with Gasteiger partial charge in [-0.1, -0.05) is 18.2 Å². The van der Waals surface area contributed by atoms with Crippen molar-refractivity contribution < 1.29 is 24.2 Å². The summed E-state index contributed by atoms with van der Waals surface area (Å²) in [4.78, 5) is 32.8. The van der Waals surface area contributed by atoms with Crippen molar-refractivity contribution in [3.8, 4) is 5.75 Å². The molecule has 0 saturated heterocycles. The van der Waals surface area contributed by atoms with Gasteiger partial charge in [-0.3, -0.25) is 9.59 Å². The minimum Gasteiger partial charge on any atom is -0.451 e. The summed E-state index contributed by atoms with van der Waals surface area (Å²) in [6.45, 7) is 1.17. The van der Waals surface area contributed by atoms with Crippen LogP contribution in [-0.4, -0.2) is 36.7 Å². The van der Waals surface area contributed by atoms with Gasteiger partial charge in [-0.15, -0.1) is 0 Å². The van der Waals surface area contributed by atoms with Crippen molar-refractivity contribution in [1.29, 1.82) is 0 Å². The first kappa shape index (κ1) is 17.5. The summed E-state index contributed by atoms with van der Waals surface area (Å²) >= 11 is 0. The number of hydrogen-bond donors (Lipinski definition) is 2. The Morgan fingerprint density at radius 2 is 1.85 bits per heavy atom. The highest BCUT2D eigenvalue weighted by molar-refractivity contribution is 6.00. The zero-order valence-corrected chi connectivity index (χ0v) is 11.3. The van der Waals surface area contributed by atoms with E-state index >= 15 is 0 Å². The lowest BCUT2D eigenvalue weighted by atomic mass is 10.3. The molecular formula is C14H17NO5. The highest BCUT2D eigenvalue weighted by atomic mass is 16.5. The fourth-order valence-electron chi connectivity index (χ4n) is 1.16. The molecule has 20 heavy (non-hydrogen) atoms. The van der Waals surface area contributed by atoms with Crippen LogP contribution in [0.1, 0.15) is 6.92 Å². The van der Waals surface area contributed by atoms with E-state index in [0.29, 0.717) is 12.0 Å². The average molecular weight is 279 g/mol. The molecule has 1 aromatic carbocycles. The number of aliphatic hydroxyl groups excluding tert-OH is 1. The van der Waals surface area contributed by atoms with E-state index in [2.05, 4.69) is 5.32 Å². The number of ether oxygens (including phenoxy) is 1. The maximum Gasteiger partial charge on any atom is 0.287 e. The molecule has 0 unspecified atom stereocenters. The second-order valence-electron chi connectivity index (χ2n) is 3.41. The Bertz CT molecular complexity index is 468. The molecule has 6 heteroatoms. The van der Waals surface area contributed by atoms with E-state index in [9.17, 15) is 14.4 Å². The number of allylic oxidation sites excluding steroid dienone is 1. The van der Waals surface area contributed by atoms with Crippen molar-refractivity contribution in [2.45, 2.75) is 6.92 Å². The Kier molecular flexibility index (Phi) is 9.16. The van der Waals surface area contributed by atoms with Gasteiger partial charge in [-0.05, 0) is 19.1 Å². The van der Waals surface area contributed by atoms with Crippen LogP contribution < -0.4 is 10.1 Å². The molecule has 2 N–H and O–H groups in total. The standard InChI is InChI=1S/C13H13NO4.CH4O/c1-10(16)9-12(13(17)14-7-8-15)18-11-5-3-2-4-6-11;1-2/h2-6,8-9H,7H2,1H3,(H,14,17);2H,1H3/b12-9-;. The molecule has 1 amide bonds. The number of aldehydes is 1. The van der Waals surface area contributed by atoms with Crippen molar-refractivity contribution >= 4 is 18.0 Å². The number of carbonyl (C=O) groups excluding carboxylic acids is 3. The van der Waals surface area contributed by atoms with Gasteiger partial charge in [0.05, 0.1) is 6.54 Å². The molecule has 108 valence electrons. The maximum absolute atomic E-state index is 11.6. The van der Waals surface area contributed by atoms with Crippen LogP contribution in [-0.2, 0) is 14.4 Å². The second-order valence-corrected chi connectivity index (χ2v) is 3.41. The van der Waals surface area contributed by atoms with E-state index in [1.807, 2.05) is 0 Å². The van der Waals surface area contributed by atoms with Crippen molar-refractivity contribution in [1.82, 2.24) is 5.32 Å². The van der Waals surface area contributed by atoms with E-state index in [0.717, 1.165) is 13.2 Å². The van der Waals surface area contributed by atoms with Gasteiger partial charge in [0.25, 0.3) is 5.91 Å². The topological polar surface area (TPSA) is 92.7 Å². The predicted molar refractivity (Wildman–Crippen MR) is 73.1 cm³/mol. The van der Waals surface area contributed by atoms with Gasteiger partial charge < -0.3 is 20.0 Å². The molecule has 6 nitrogen and oxygen atoms in total. The number of aliphatic hydroxyl groups is 1. The van der Waals surface area contributed by atoms with Gasteiger partial charge in [-0.25, -0.2) is 0 Å². The molecule has 1 aromatic rings. The first-order chi connectivity index (χ1) is 9.63. The fraction of sp³-hybridized carbons (Fsp3) is 0.214. The summed E-state index contributed by atoms with van der Waals surface area (Å²) in [5, 5.41) is 9.31. The fourth-order valence-corrected chi connectivity index (χ4v) is 1.16. The van der Waals surface area contributed by atoms with Gasteiger partial charge >= 0.3 is 0 Å². The Hall–Kier alpha value is -2.47. The van der Waals surface area contributed by atoms with E-state index < -0.39 is 5.91 Å². The first-order valence-corrected chi connectivity index (χ1v) is 5.75. The predicted octanol–water partition coefficient (Wildman–Crippen LogP) is 0.462. The summed E-state index contributed by atoms with van der Waals surface area (Å²) in [6.07, 6.45) is 1.62. The normalized spacial score (nSPS) is 9.85. The summed E-state index contributed by atoms with van der Waals surface area (Å²) in [6, 6.07) is 8.59. The Balaban J connectivity index is 0.00000172. The number of para-hydroxylation sites is 1. The van der Waals surface area contributed by atoms with Crippen molar-refractivity contribution in [3.63, 3.8) is 0 Å². The molecule has 0 aliphatic heterocycles. The smallest absolute Gasteiger partial charge is 0.287 e. The zero-order valence-electron chi connectivity index (χ0n) is 11.3. The Morgan fingerprint density at radius 3 is 2.35 bits per heavy atom. The molecule has 0 spiro atoms. The quantitative estimate of drug-likeness (QED) is 0.448. The van der Waals surface area contributed by atoms with Crippen LogP contribution in [0.5, 0.6) is 5.75 Å². The summed E-state index contributed by atoms with van der Waals surface area (Å²) in [7, 11) is 1.00.